The van der Waals surface area contributed by atoms with Gasteiger partial charge < -0.3 is 10.5 Å². The van der Waals surface area contributed by atoms with Crippen LogP contribution in [0.4, 0.5) is 0 Å². The van der Waals surface area contributed by atoms with E-state index in [-0.39, 0.29) is 5.41 Å². The van der Waals surface area contributed by atoms with Gasteiger partial charge in [0.25, 0.3) is 0 Å². The number of pyridine rings is 1. The van der Waals surface area contributed by atoms with Crippen molar-refractivity contribution >= 4 is 0 Å². The summed E-state index contributed by atoms with van der Waals surface area (Å²) in [6.07, 6.45) is 0. The molecule has 0 amide bonds. The number of rotatable bonds is 3. The third kappa shape index (κ3) is 3.55. The zero-order valence-corrected chi connectivity index (χ0v) is 11.7. The van der Waals surface area contributed by atoms with Crippen LogP contribution in [0.1, 0.15) is 32.0 Å². The van der Waals surface area contributed by atoms with Gasteiger partial charge in [0.2, 0.25) is 5.88 Å². The van der Waals surface area contributed by atoms with Crippen molar-refractivity contribution in [2.24, 2.45) is 5.73 Å². The largest absolute Gasteiger partial charge is 0.439 e. The number of aromatic nitrogens is 1. The molecule has 0 unspecified atom stereocenters. The van der Waals surface area contributed by atoms with Gasteiger partial charge in [-0.3, -0.25) is 0 Å². The predicted octanol–water partition coefficient (Wildman–Crippen LogP) is 3.63. The molecule has 2 rings (SSSR count). The fraction of sp³-hybridized carbons (Fsp3) is 0.312. The SMILES string of the molecule is CC(C)(C)c1cc(CN)cc(Oc2ccccc2)n1. The number of benzene rings is 1. The minimum atomic E-state index is -0.0278. The van der Waals surface area contributed by atoms with Crippen molar-refractivity contribution in [3.05, 3.63) is 53.7 Å². The lowest BCUT2D eigenvalue weighted by Gasteiger charge is -2.19. The molecule has 19 heavy (non-hydrogen) atoms. The molecule has 1 aromatic heterocycles. The van der Waals surface area contributed by atoms with Gasteiger partial charge in [0.05, 0.1) is 5.69 Å². The van der Waals surface area contributed by atoms with E-state index in [2.05, 4.69) is 25.8 Å². The first-order valence-corrected chi connectivity index (χ1v) is 6.43. The zero-order valence-electron chi connectivity index (χ0n) is 11.7. The van der Waals surface area contributed by atoms with E-state index in [4.69, 9.17) is 10.5 Å². The fourth-order valence-electron chi connectivity index (χ4n) is 1.72. The topological polar surface area (TPSA) is 48.1 Å². The lowest BCUT2D eigenvalue weighted by molar-refractivity contribution is 0.450. The van der Waals surface area contributed by atoms with Crippen molar-refractivity contribution in [2.75, 3.05) is 0 Å². The van der Waals surface area contributed by atoms with E-state index in [0.29, 0.717) is 12.4 Å². The molecule has 100 valence electrons. The molecule has 1 aromatic carbocycles. The summed E-state index contributed by atoms with van der Waals surface area (Å²) in [5, 5.41) is 0. The molecule has 2 aromatic rings. The Labute approximate surface area is 114 Å². The van der Waals surface area contributed by atoms with E-state index in [0.717, 1.165) is 17.0 Å². The maximum Gasteiger partial charge on any atom is 0.219 e. The van der Waals surface area contributed by atoms with Crippen molar-refractivity contribution < 1.29 is 4.74 Å². The van der Waals surface area contributed by atoms with E-state index < -0.39 is 0 Å². The van der Waals surface area contributed by atoms with E-state index in [1.807, 2.05) is 42.5 Å². The zero-order chi connectivity index (χ0) is 13.9. The van der Waals surface area contributed by atoms with Gasteiger partial charge in [0.1, 0.15) is 5.75 Å². The second kappa shape index (κ2) is 5.41. The number of ether oxygens (including phenoxy) is 1. The molecule has 1 heterocycles. The third-order valence-electron chi connectivity index (χ3n) is 2.83. The van der Waals surface area contributed by atoms with E-state index in [9.17, 15) is 0 Å². The Morgan fingerprint density at radius 1 is 1.11 bits per heavy atom. The Balaban J connectivity index is 2.35. The minimum Gasteiger partial charge on any atom is -0.439 e. The lowest BCUT2D eigenvalue weighted by atomic mass is 9.91. The van der Waals surface area contributed by atoms with Crippen molar-refractivity contribution in [2.45, 2.75) is 32.7 Å². The molecule has 0 radical (unpaired) electrons. The van der Waals surface area contributed by atoms with Crippen LogP contribution in [-0.4, -0.2) is 4.98 Å². The molecule has 3 heteroatoms. The molecule has 0 aliphatic carbocycles. The second-order valence-electron chi connectivity index (χ2n) is 5.57. The minimum absolute atomic E-state index is 0.0278. The Kier molecular flexibility index (Phi) is 3.86. The number of hydrogen-bond donors (Lipinski definition) is 1. The van der Waals surface area contributed by atoms with E-state index >= 15 is 0 Å². The molecule has 0 spiro atoms. The van der Waals surface area contributed by atoms with Crippen molar-refractivity contribution in [3.63, 3.8) is 0 Å². The molecule has 0 saturated carbocycles. The van der Waals surface area contributed by atoms with Crippen LogP contribution >= 0.6 is 0 Å². The monoisotopic (exact) mass is 256 g/mol. The predicted molar refractivity (Wildman–Crippen MR) is 77.3 cm³/mol. The second-order valence-corrected chi connectivity index (χ2v) is 5.57. The van der Waals surface area contributed by atoms with Crippen molar-refractivity contribution in [1.29, 1.82) is 0 Å². The van der Waals surface area contributed by atoms with Gasteiger partial charge in [-0.1, -0.05) is 39.0 Å². The van der Waals surface area contributed by atoms with Gasteiger partial charge in [0, 0.05) is 18.0 Å². The number of para-hydroxylation sites is 1. The molecular weight excluding hydrogens is 236 g/mol. The summed E-state index contributed by atoms with van der Waals surface area (Å²) >= 11 is 0. The van der Waals surface area contributed by atoms with E-state index in [1.165, 1.54) is 0 Å². The van der Waals surface area contributed by atoms with Crippen LogP contribution in [0.5, 0.6) is 11.6 Å². The molecule has 2 N–H and O–H groups in total. The third-order valence-corrected chi connectivity index (χ3v) is 2.83. The van der Waals surface area contributed by atoms with E-state index in [1.54, 1.807) is 0 Å². The van der Waals surface area contributed by atoms with Gasteiger partial charge in [-0.25, -0.2) is 4.98 Å². The summed E-state index contributed by atoms with van der Waals surface area (Å²) < 4.78 is 5.79. The highest BCUT2D eigenvalue weighted by Crippen LogP contribution is 2.26. The Morgan fingerprint density at radius 3 is 2.37 bits per heavy atom. The summed E-state index contributed by atoms with van der Waals surface area (Å²) in [6, 6.07) is 13.6. The maximum absolute atomic E-state index is 5.79. The smallest absolute Gasteiger partial charge is 0.219 e. The van der Waals surface area contributed by atoms with Gasteiger partial charge in [-0.2, -0.15) is 0 Å². The summed E-state index contributed by atoms with van der Waals surface area (Å²) in [5.74, 6) is 1.38. The Hall–Kier alpha value is -1.87. The standard InChI is InChI=1S/C16H20N2O/c1-16(2,3)14-9-12(11-17)10-15(18-14)19-13-7-5-4-6-8-13/h4-10H,11,17H2,1-3H3. The molecule has 0 saturated heterocycles. The first-order chi connectivity index (χ1) is 8.99. The number of nitrogens with zero attached hydrogens (tertiary/aromatic N) is 1. The molecule has 0 atom stereocenters. The van der Waals surface area contributed by atoms with Crippen LogP contribution in [-0.2, 0) is 12.0 Å². The normalized spacial score (nSPS) is 11.4. The number of hydrogen-bond acceptors (Lipinski definition) is 3. The Morgan fingerprint density at radius 2 is 1.79 bits per heavy atom. The van der Waals surface area contributed by atoms with Crippen LogP contribution in [0.15, 0.2) is 42.5 Å². The quantitative estimate of drug-likeness (QED) is 0.912. The first kappa shape index (κ1) is 13.6. The maximum atomic E-state index is 5.79. The van der Waals surface area contributed by atoms with Crippen LogP contribution in [0.25, 0.3) is 0 Å². The average Bonchev–Trinajstić information content (AvgIpc) is 2.38. The number of nitrogens with two attached hydrogens (primary N) is 1. The van der Waals surface area contributed by atoms with Crippen molar-refractivity contribution in [3.8, 4) is 11.6 Å². The molecule has 0 fully saturated rings. The summed E-state index contributed by atoms with van der Waals surface area (Å²) in [4.78, 5) is 4.57. The summed E-state index contributed by atoms with van der Waals surface area (Å²) in [6.45, 7) is 6.86. The molecule has 3 nitrogen and oxygen atoms in total. The van der Waals surface area contributed by atoms with Gasteiger partial charge in [0.15, 0.2) is 0 Å². The van der Waals surface area contributed by atoms with Crippen LogP contribution in [0.2, 0.25) is 0 Å². The highest BCUT2D eigenvalue weighted by molar-refractivity contribution is 5.32. The highest BCUT2D eigenvalue weighted by atomic mass is 16.5. The molecular formula is C16H20N2O. The van der Waals surface area contributed by atoms with Gasteiger partial charge >= 0.3 is 0 Å². The average molecular weight is 256 g/mol. The molecule has 0 aliphatic rings. The summed E-state index contributed by atoms with van der Waals surface area (Å²) in [7, 11) is 0. The lowest BCUT2D eigenvalue weighted by Crippen LogP contribution is -2.15. The van der Waals surface area contributed by atoms with Gasteiger partial charge in [-0.15, -0.1) is 0 Å². The fourth-order valence-corrected chi connectivity index (χ4v) is 1.72. The first-order valence-electron chi connectivity index (χ1n) is 6.43. The van der Waals surface area contributed by atoms with Crippen LogP contribution in [0.3, 0.4) is 0 Å². The summed E-state index contributed by atoms with van der Waals surface area (Å²) in [5.41, 5.74) is 7.73. The molecule has 0 aliphatic heterocycles. The highest BCUT2D eigenvalue weighted by Gasteiger charge is 2.17. The Bertz CT molecular complexity index is 544. The van der Waals surface area contributed by atoms with Crippen molar-refractivity contribution in [1.82, 2.24) is 4.98 Å². The van der Waals surface area contributed by atoms with Crippen LogP contribution in [0, 0.1) is 0 Å². The van der Waals surface area contributed by atoms with Crippen LogP contribution < -0.4 is 10.5 Å². The molecule has 0 bridgehead atoms. The van der Waals surface area contributed by atoms with Gasteiger partial charge in [-0.05, 0) is 23.8 Å².